The number of nitrogens with one attached hydrogen (secondary N) is 1. The van der Waals surface area contributed by atoms with Crippen LogP contribution in [0.2, 0.25) is 0 Å². The lowest BCUT2D eigenvalue weighted by molar-refractivity contribution is 0.0930. The molecule has 0 radical (unpaired) electrons. The lowest BCUT2D eigenvalue weighted by Gasteiger charge is -2.20. The second-order valence-electron chi connectivity index (χ2n) is 4.92. The maximum absolute atomic E-state index is 12.0. The maximum Gasteiger partial charge on any atom is 0.254 e. The van der Waals surface area contributed by atoms with Crippen molar-refractivity contribution in [2.45, 2.75) is 51.0 Å². The van der Waals surface area contributed by atoms with Gasteiger partial charge < -0.3 is 5.32 Å². The molecule has 0 bridgehead atoms. The second kappa shape index (κ2) is 5.84. The zero-order valence-electron chi connectivity index (χ0n) is 10.5. The summed E-state index contributed by atoms with van der Waals surface area (Å²) in [6, 6.07) is 0.350. The van der Waals surface area contributed by atoms with Crippen LogP contribution in [0.1, 0.15) is 55.3 Å². The molecule has 0 atom stereocenters. The molecule has 0 spiro atoms. The summed E-state index contributed by atoms with van der Waals surface area (Å²) in [7, 11) is 1.83. The average Bonchev–Trinajstić information content (AvgIpc) is 2.68. The zero-order valence-corrected chi connectivity index (χ0v) is 10.5. The minimum absolute atomic E-state index is 0.0173. The third-order valence-corrected chi connectivity index (χ3v) is 3.41. The summed E-state index contributed by atoms with van der Waals surface area (Å²) >= 11 is 0. The van der Waals surface area contributed by atoms with Crippen LogP contribution < -0.4 is 5.32 Å². The fourth-order valence-corrected chi connectivity index (χ4v) is 2.41. The molecule has 2 rings (SSSR count). The van der Waals surface area contributed by atoms with Gasteiger partial charge in [0, 0.05) is 19.3 Å². The summed E-state index contributed by atoms with van der Waals surface area (Å²) in [6.45, 7) is 0. The lowest BCUT2D eigenvalue weighted by atomic mass is 9.96. The van der Waals surface area contributed by atoms with Crippen molar-refractivity contribution in [3.63, 3.8) is 0 Å². The number of aryl methyl sites for hydroxylation is 1. The number of nitrogens with zero attached hydrogens (tertiary/aromatic N) is 2. The largest absolute Gasteiger partial charge is 0.349 e. The highest BCUT2D eigenvalue weighted by Crippen LogP contribution is 2.17. The van der Waals surface area contributed by atoms with Crippen LogP contribution >= 0.6 is 0 Å². The number of hydrogen-bond acceptors (Lipinski definition) is 2. The van der Waals surface area contributed by atoms with Crippen molar-refractivity contribution in [3.8, 4) is 0 Å². The van der Waals surface area contributed by atoms with Gasteiger partial charge in [0.1, 0.15) is 0 Å². The van der Waals surface area contributed by atoms with Crippen molar-refractivity contribution in [2.75, 3.05) is 0 Å². The first-order valence-electron chi connectivity index (χ1n) is 6.55. The van der Waals surface area contributed by atoms with Crippen LogP contribution in [-0.4, -0.2) is 21.7 Å². The van der Waals surface area contributed by atoms with E-state index in [2.05, 4.69) is 10.4 Å². The molecule has 1 saturated carbocycles. The topological polar surface area (TPSA) is 46.9 Å². The molecule has 1 amide bonds. The minimum Gasteiger partial charge on any atom is -0.349 e. The molecule has 1 N–H and O–H groups in total. The van der Waals surface area contributed by atoms with Gasteiger partial charge in [-0.3, -0.25) is 9.48 Å². The molecule has 17 heavy (non-hydrogen) atoms. The van der Waals surface area contributed by atoms with Crippen LogP contribution in [0.4, 0.5) is 0 Å². The van der Waals surface area contributed by atoms with E-state index in [1.165, 1.54) is 32.1 Å². The van der Waals surface area contributed by atoms with Gasteiger partial charge >= 0.3 is 0 Å². The van der Waals surface area contributed by atoms with Crippen LogP contribution in [-0.2, 0) is 7.05 Å². The van der Waals surface area contributed by atoms with Crippen LogP contribution in [0, 0.1) is 0 Å². The van der Waals surface area contributed by atoms with Crippen LogP contribution in [0.5, 0.6) is 0 Å². The Morgan fingerprint density at radius 1 is 1.29 bits per heavy atom. The monoisotopic (exact) mass is 235 g/mol. The zero-order chi connectivity index (χ0) is 12.1. The predicted octanol–water partition coefficient (Wildman–Crippen LogP) is 2.26. The highest BCUT2D eigenvalue weighted by Gasteiger charge is 2.15. The fraction of sp³-hybridized carbons (Fsp3) is 0.692. The number of hydrogen-bond donors (Lipinski definition) is 1. The number of carbonyl (C=O) groups is 1. The first-order valence-corrected chi connectivity index (χ1v) is 6.55. The van der Waals surface area contributed by atoms with Gasteiger partial charge in [-0.25, -0.2) is 0 Å². The SMILES string of the molecule is Cn1cc(C(=O)NC2CCCCCCC2)cn1. The smallest absolute Gasteiger partial charge is 0.254 e. The van der Waals surface area contributed by atoms with E-state index >= 15 is 0 Å². The van der Waals surface area contributed by atoms with Crippen molar-refractivity contribution in [3.05, 3.63) is 18.0 Å². The molecule has 0 unspecified atom stereocenters. The molecular weight excluding hydrogens is 214 g/mol. The Balaban J connectivity index is 1.88. The molecule has 1 aromatic heterocycles. The molecule has 1 aliphatic carbocycles. The Morgan fingerprint density at radius 3 is 2.53 bits per heavy atom. The summed E-state index contributed by atoms with van der Waals surface area (Å²) in [6.07, 6.45) is 12.0. The third-order valence-electron chi connectivity index (χ3n) is 3.41. The lowest BCUT2D eigenvalue weighted by Crippen LogP contribution is -2.35. The third kappa shape index (κ3) is 3.58. The summed E-state index contributed by atoms with van der Waals surface area (Å²) < 4.78 is 1.66. The van der Waals surface area contributed by atoms with Crippen molar-refractivity contribution < 1.29 is 4.79 Å². The quantitative estimate of drug-likeness (QED) is 0.854. The summed E-state index contributed by atoms with van der Waals surface area (Å²) in [5, 5.41) is 7.14. The number of amides is 1. The van der Waals surface area contributed by atoms with Gasteiger partial charge in [-0.2, -0.15) is 5.10 Å². The van der Waals surface area contributed by atoms with Crippen LogP contribution in [0.25, 0.3) is 0 Å². The number of carbonyl (C=O) groups excluding carboxylic acids is 1. The van der Waals surface area contributed by atoms with Crippen molar-refractivity contribution in [1.82, 2.24) is 15.1 Å². The minimum atomic E-state index is 0.0173. The van der Waals surface area contributed by atoms with E-state index in [9.17, 15) is 4.79 Å². The van der Waals surface area contributed by atoms with E-state index in [4.69, 9.17) is 0 Å². The molecule has 0 aromatic carbocycles. The maximum atomic E-state index is 12.0. The van der Waals surface area contributed by atoms with Gasteiger partial charge in [0.15, 0.2) is 0 Å². The number of rotatable bonds is 2. The van der Waals surface area contributed by atoms with Crippen molar-refractivity contribution in [1.29, 1.82) is 0 Å². The van der Waals surface area contributed by atoms with Gasteiger partial charge in [0.25, 0.3) is 5.91 Å². The van der Waals surface area contributed by atoms with E-state index in [-0.39, 0.29) is 5.91 Å². The molecule has 94 valence electrons. The highest BCUT2D eigenvalue weighted by atomic mass is 16.1. The first kappa shape index (κ1) is 12.1. The van der Waals surface area contributed by atoms with Crippen LogP contribution in [0.15, 0.2) is 12.4 Å². The molecule has 0 aliphatic heterocycles. The molecule has 4 heteroatoms. The summed E-state index contributed by atoms with van der Waals surface area (Å²) in [4.78, 5) is 12.0. The van der Waals surface area contributed by atoms with Gasteiger partial charge in [0.05, 0.1) is 11.8 Å². The Morgan fingerprint density at radius 2 is 1.94 bits per heavy atom. The van der Waals surface area contributed by atoms with E-state index in [1.807, 2.05) is 7.05 Å². The predicted molar refractivity (Wildman–Crippen MR) is 66.8 cm³/mol. The Bertz CT molecular complexity index is 364. The molecule has 1 aromatic rings. The summed E-state index contributed by atoms with van der Waals surface area (Å²) in [5.74, 6) is 0.0173. The second-order valence-corrected chi connectivity index (χ2v) is 4.92. The molecule has 1 aliphatic rings. The van der Waals surface area contributed by atoms with Crippen LogP contribution in [0.3, 0.4) is 0 Å². The van der Waals surface area contributed by atoms with Crippen molar-refractivity contribution in [2.24, 2.45) is 7.05 Å². The fourth-order valence-electron chi connectivity index (χ4n) is 2.41. The standard InChI is InChI=1S/C13H21N3O/c1-16-10-11(9-14-16)13(17)15-12-7-5-3-2-4-6-8-12/h9-10,12H,2-8H2,1H3,(H,15,17). The Labute approximate surface area is 102 Å². The molecule has 1 heterocycles. The normalized spacial score (nSPS) is 18.4. The van der Waals surface area contributed by atoms with Gasteiger partial charge in [-0.05, 0) is 12.8 Å². The summed E-state index contributed by atoms with van der Waals surface area (Å²) in [5.41, 5.74) is 0.662. The first-order chi connectivity index (χ1) is 8.25. The van der Waals surface area contributed by atoms with Crippen molar-refractivity contribution >= 4 is 5.91 Å². The Hall–Kier alpha value is -1.32. The van der Waals surface area contributed by atoms with Gasteiger partial charge in [-0.1, -0.05) is 32.1 Å². The number of aromatic nitrogens is 2. The molecule has 4 nitrogen and oxygen atoms in total. The van der Waals surface area contributed by atoms with Gasteiger partial charge in [-0.15, -0.1) is 0 Å². The highest BCUT2D eigenvalue weighted by molar-refractivity contribution is 5.93. The average molecular weight is 235 g/mol. The van der Waals surface area contributed by atoms with E-state index in [0.29, 0.717) is 11.6 Å². The Kier molecular flexibility index (Phi) is 4.18. The molecular formula is C13H21N3O. The van der Waals surface area contributed by atoms with E-state index in [1.54, 1.807) is 17.1 Å². The van der Waals surface area contributed by atoms with Gasteiger partial charge in [0.2, 0.25) is 0 Å². The van der Waals surface area contributed by atoms with E-state index < -0.39 is 0 Å². The van der Waals surface area contributed by atoms with E-state index in [0.717, 1.165) is 12.8 Å². The molecule has 0 saturated heterocycles. The molecule has 1 fully saturated rings.